The number of carbonyl (C=O) groups is 1. The van der Waals surface area contributed by atoms with Crippen LogP contribution >= 0.6 is 0 Å². The molecule has 2 heterocycles. The number of sulfonamides is 1. The molecule has 1 amide bonds. The van der Waals surface area contributed by atoms with Crippen molar-refractivity contribution >= 4 is 15.9 Å². The summed E-state index contributed by atoms with van der Waals surface area (Å²) in [5.41, 5.74) is 2.42. The summed E-state index contributed by atoms with van der Waals surface area (Å²) in [6, 6.07) is 10.9. The first-order valence-corrected chi connectivity index (χ1v) is 11.7. The molecule has 156 valence electrons. The van der Waals surface area contributed by atoms with Crippen molar-refractivity contribution in [1.29, 1.82) is 0 Å². The van der Waals surface area contributed by atoms with Crippen LogP contribution in [0.15, 0.2) is 45.9 Å². The van der Waals surface area contributed by atoms with Gasteiger partial charge in [-0.1, -0.05) is 44.5 Å². The number of nitrogens with one attached hydrogen (secondary N) is 1. The minimum Gasteiger partial charge on any atom is -0.438 e. The Morgan fingerprint density at radius 3 is 2.59 bits per heavy atom. The average Bonchev–Trinajstić information content (AvgIpc) is 3.22. The first kappa shape index (κ1) is 20.2. The Balaban J connectivity index is 1.52. The molecule has 1 aromatic heterocycles. The third-order valence-electron chi connectivity index (χ3n) is 6.14. The van der Waals surface area contributed by atoms with Crippen LogP contribution in [0.5, 0.6) is 0 Å². The maximum absolute atomic E-state index is 12.8. The molecule has 0 bridgehead atoms. The second kappa shape index (κ2) is 7.61. The molecule has 1 N–H and O–H groups in total. The van der Waals surface area contributed by atoms with Crippen molar-refractivity contribution in [3.05, 3.63) is 53.3 Å². The lowest BCUT2D eigenvalue weighted by atomic mass is 9.71. The van der Waals surface area contributed by atoms with Gasteiger partial charge in [0, 0.05) is 13.1 Å². The van der Waals surface area contributed by atoms with Crippen molar-refractivity contribution < 1.29 is 17.6 Å². The fourth-order valence-corrected chi connectivity index (χ4v) is 5.83. The molecule has 29 heavy (non-hydrogen) atoms. The fraction of sp³-hybridized carbons (Fsp3) is 0.500. The van der Waals surface area contributed by atoms with Crippen molar-refractivity contribution in [2.45, 2.75) is 62.5 Å². The van der Waals surface area contributed by atoms with Gasteiger partial charge >= 0.3 is 0 Å². The summed E-state index contributed by atoms with van der Waals surface area (Å²) in [6.45, 7) is 5.43. The number of rotatable bonds is 4. The lowest BCUT2D eigenvalue weighted by Gasteiger charge is -2.37. The van der Waals surface area contributed by atoms with E-state index in [0.717, 1.165) is 37.7 Å². The molecule has 0 spiro atoms. The van der Waals surface area contributed by atoms with E-state index in [1.165, 1.54) is 22.0 Å². The molecule has 7 heteroatoms. The van der Waals surface area contributed by atoms with Crippen molar-refractivity contribution in [2.24, 2.45) is 0 Å². The number of carbonyl (C=O) groups excluding carboxylic acids is 1. The van der Waals surface area contributed by atoms with Crippen LogP contribution in [-0.2, 0) is 15.4 Å². The average molecular weight is 417 g/mol. The van der Waals surface area contributed by atoms with Crippen LogP contribution in [0.4, 0.5) is 0 Å². The molecule has 4 rings (SSSR count). The monoisotopic (exact) mass is 416 g/mol. The summed E-state index contributed by atoms with van der Waals surface area (Å²) < 4.78 is 32.4. The van der Waals surface area contributed by atoms with Crippen LogP contribution in [0.1, 0.15) is 73.7 Å². The zero-order valence-corrected chi connectivity index (χ0v) is 17.8. The molecule has 2 aliphatic rings. The maximum Gasteiger partial charge on any atom is 0.287 e. The Kier molecular flexibility index (Phi) is 5.29. The van der Waals surface area contributed by atoms with E-state index < -0.39 is 10.0 Å². The van der Waals surface area contributed by atoms with Gasteiger partial charge in [0.1, 0.15) is 0 Å². The van der Waals surface area contributed by atoms with Gasteiger partial charge in [-0.05, 0) is 54.4 Å². The molecule has 0 radical (unpaired) electrons. The van der Waals surface area contributed by atoms with Gasteiger partial charge in [-0.15, -0.1) is 0 Å². The molecular formula is C22H28N2O4S. The highest BCUT2D eigenvalue weighted by Gasteiger charge is 2.34. The summed E-state index contributed by atoms with van der Waals surface area (Å²) in [5.74, 6) is -0.354. The van der Waals surface area contributed by atoms with Crippen molar-refractivity contribution in [3.63, 3.8) is 0 Å². The molecule has 1 aliphatic carbocycles. The van der Waals surface area contributed by atoms with Crippen molar-refractivity contribution in [1.82, 2.24) is 9.62 Å². The predicted molar refractivity (Wildman–Crippen MR) is 110 cm³/mol. The molecule has 1 atom stereocenters. The molecule has 6 nitrogen and oxygen atoms in total. The van der Waals surface area contributed by atoms with E-state index in [0.29, 0.717) is 13.1 Å². The Hall–Kier alpha value is -2.12. The third-order valence-corrected chi connectivity index (χ3v) is 7.92. The Labute approximate surface area is 172 Å². The number of benzene rings is 1. The predicted octanol–water partition coefficient (Wildman–Crippen LogP) is 4.00. The van der Waals surface area contributed by atoms with Crippen LogP contribution in [-0.4, -0.2) is 31.7 Å². The van der Waals surface area contributed by atoms with Crippen LogP contribution in [0.3, 0.4) is 0 Å². The fourth-order valence-electron chi connectivity index (χ4n) is 4.41. The normalized spacial score (nSPS) is 22.1. The van der Waals surface area contributed by atoms with E-state index in [1.54, 1.807) is 0 Å². The van der Waals surface area contributed by atoms with Crippen LogP contribution in [0.25, 0.3) is 0 Å². The lowest BCUT2D eigenvalue weighted by molar-refractivity contribution is 0.0895. The molecule has 0 unspecified atom stereocenters. The third kappa shape index (κ3) is 3.85. The second-order valence-electron chi connectivity index (χ2n) is 8.62. The Bertz CT molecular complexity index is 1000. The molecule has 1 aliphatic heterocycles. The summed E-state index contributed by atoms with van der Waals surface area (Å²) in [7, 11) is -3.69. The molecular weight excluding hydrogens is 388 g/mol. The molecule has 1 fully saturated rings. The van der Waals surface area contributed by atoms with Crippen molar-refractivity contribution in [3.8, 4) is 0 Å². The highest BCUT2D eigenvalue weighted by Crippen LogP contribution is 2.41. The highest BCUT2D eigenvalue weighted by atomic mass is 32.2. The number of piperidine rings is 1. The van der Waals surface area contributed by atoms with Gasteiger partial charge < -0.3 is 9.73 Å². The summed E-state index contributed by atoms with van der Waals surface area (Å²) in [5, 5.41) is 2.87. The lowest BCUT2D eigenvalue weighted by Crippen LogP contribution is -2.36. The zero-order valence-electron chi connectivity index (χ0n) is 17.0. The molecule has 1 aromatic carbocycles. The topological polar surface area (TPSA) is 79.6 Å². The minimum absolute atomic E-state index is 0.0305. The Morgan fingerprint density at radius 1 is 1.10 bits per heavy atom. The van der Waals surface area contributed by atoms with E-state index in [-0.39, 0.29) is 28.2 Å². The number of furan rings is 1. The van der Waals surface area contributed by atoms with Gasteiger partial charge in [-0.3, -0.25) is 4.79 Å². The largest absolute Gasteiger partial charge is 0.438 e. The van der Waals surface area contributed by atoms with Crippen LogP contribution < -0.4 is 5.32 Å². The minimum atomic E-state index is -3.69. The Morgan fingerprint density at radius 2 is 1.83 bits per heavy atom. The standard InChI is InChI=1S/C22H28N2O4S/c1-22(2)13-12-18(16-8-4-5-9-17(16)22)23-21(25)19-10-11-20(28-19)29(26,27)24-14-6-3-7-15-24/h4-5,8-11,18H,3,6-7,12-15H2,1-2H3,(H,23,25)/t18-/m1/s1. The second-order valence-corrected chi connectivity index (χ2v) is 10.5. The van der Waals surface area contributed by atoms with Gasteiger partial charge in [0.15, 0.2) is 5.76 Å². The number of amides is 1. The van der Waals surface area contributed by atoms with Gasteiger partial charge in [0.05, 0.1) is 6.04 Å². The van der Waals surface area contributed by atoms with E-state index in [4.69, 9.17) is 4.42 Å². The van der Waals surface area contributed by atoms with E-state index >= 15 is 0 Å². The first-order valence-electron chi connectivity index (χ1n) is 10.3. The van der Waals surface area contributed by atoms with Crippen LogP contribution in [0.2, 0.25) is 0 Å². The quantitative estimate of drug-likeness (QED) is 0.817. The first-order chi connectivity index (χ1) is 13.8. The molecule has 0 saturated carbocycles. The van der Waals surface area contributed by atoms with Gasteiger partial charge in [-0.25, -0.2) is 8.42 Å². The molecule has 2 aromatic rings. The number of hydrogen-bond donors (Lipinski definition) is 1. The summed E-state index contributed by atoms with van der Waals surface area (Å²) in [4.78, 5) is 12.8. The number of nitrogens with zero attached hydrogens (tertiary/aromatic N) is 1. The van der Waals surface area contributed by atoms with Crippen LogP contribution in [0, 0.1) is 0 Å². The molecule has 1 saturated heterocycles. The smallest absolute Gasteiger partial charge is 0.287 e. The van der Waals surface area contributed by atoms with Gasteiger partial charge in [0.2, 0.25) is 5.09 Å². The highest BCUT2D eigenvalue weighted by molar-refractivity contribution is 7.89. The van der Waals surface area contributed by atoms with Gasteiger partial charge in [0.25, 0.3) is 15.9 Å². The number of fused-ring (bicyclic) bond motifs is 1. The van der Waals surface area contributed by atoms with Crippen molar-refractivity contribution in [2.75, 3.05) is 13.1 Å². The number of hydrogen-bond acceptors (Lipinski definition) is 4. The summed E-state index contributed by atoms with van der Waals surface area (Å²) >= 11 is 0. The van der Waals surface area contributed by atoms with E-state index in [1.807, 2.05) is 12.1 Å². The summed E-state index contributed by atoms with van der Waals surface area (Å²) in [6.07, 6.45) is 4.53. The zero-order chi connectivity index (χ0) is 20.6. The van der Waals surface area contributed by atoms with Gasteiger partial charge in [-0.2, -0.15) is 4.31 Å². The van der Waals surface area contributed by atoms with E-state index in [2.05, 4.69) is 31.3 Å². The maximum atomic E-state index is 12.8. The SMILES string of the molecule is CC1(C)CC[C@@H](NC(=O)c2ccc(S(=O)(=O)N3CCCCC3)o2)c2ccccc21. The van der Waals surface area contributed by atoms with E-state index in [9.17, 15) is 13.2 Å².